The number of halogens is 1. The quantitative estimate of drug-likeness (QED) is 0.487. The van der Waals surface area contributed by atoms with E-state index in [0.717, 1.165) is 22.0 Å². The van der Waals surface area contributed by atoms with Gasteiger partial charge in [0.05, 0.1) is 5.52 Å². The fraction of sp³-hybridized carbons (Fsp3) is 0.0714. The molecule has 0 atom stereocenters. The van der Waals surface area contributed by atoms with E-state index in [1.165, 1.54) is 0 Å². The van der Waals surface area contributed by atoms with Crippen molar-refractivity contribution in [3.8, 4) is 0 Å². The molecule has 0 unspecified atom stereocenters. The largest absolute Gasteiger partial charge is 0.509 e. The molecule has 2 aromatic rings. The number of aliphatic hydroxyl groups is 1. The Morgan fingerprint density at radius 3 is 2.76 bits per heavy atom. The number of nitrogens with zero attached hydrogens (tertiary/aromatic N) is 1. The van der Waals surface area contributed by atoms with Crippen LogP contribution in [-0.4, -0.2) is 10.1 Å². The molecule has 0 fully saturated rings. The van der Waals surface area contributed by atoms with Gasteiger partial charge in [0.1, 0.15) is 10.9 Å². The molecule has 1 heterocycles. The predicted octanol–water partition coefficient (Wildman–Crippen LogP) is 4.28. The minimum atomic E-state index is 0.0311. The van der Waals surface area contributed by atoms with E-state index >= 15 is 0 Å². The molecule has 2 nitrogen and oxygen atoms in total. The van der Waals surface area contributed by atoms with Crippen LogP contribution >= 0.6 is 11.6 Å². The first-order valence-electron chi connectivity index (χ1n) is 5.20. The molecule has 0 amide bonds. The molecule has 0 spiro atoms. The molecule has 0 saturated carbocycles. The number of benzene rings is 1. The molecule has 3 heteroatoms. The highest BCUT2D eigenvalue weighted by Crippen LogP contribution is 2.23. The van der Waals surface area contributed by atoms with Gasteiger partial charge in [-0.25, -0.2) is 4.98 Å². The molecule has 0 aliphatic carbocycles. The fourth-order valence-electron chi connectivity index (χ4n) is 1.69. The number of rotatable bonds is 2. The Labute approximate surface area is 105 Å². The van der Waals surface area contributed by atoms with Crippen molar-refractivity contribution in [1.29, 1.82) is 0 Å². The van der Waals surface area contributed by atoms with E-state index in [1.807, 2.05) is 25.1 Å². The van der Waals surface area contributed by atoms with Crippen LogP contribution in [0.25, 0.3) is 17.0 Å². The molecular weight excluding hydrogens is 234 g/mol. The Bertz CT molecular complexity index is 617. The van der Waals surface area contributed by atoms with E-state index in [0.29, 0.717) is 5.15 Å². The average molecular weight is 246 g/mol. The molecule has 0 radical (unpaired) electrons. The molecule has 0 saturated heterocycles. The smallest absolute Gasteiger partial charge is 0.129 e. The Balaban J connectivity index is 2.60. The van der Waals surface area contributed by atoms with Crippen molar-refractivity contribution in [3.05, 3.63) is 59.0 Å². The molecule has 0 bridgehead atoms. The van der Waals surface area contributed by atoms with Crippen LogP contribution in [0, 0.1) is 6.92 Å². The minimum absolute atomic E-state index is 0.0311. The lowest BCUT2D eigenvalue weighted by Gasteiger charge is -2.05. The summed E-state index contributed by atoms with van der Waals surface area (Å²) in [6.07, 6.45) is 3.36. The molecular formula is C14H12ClNO. The van der Waals surface area contributed by atoms with Gasteiger partial charge in [-0.1, -0.05) is 36.4 Å². The third-order valence-electron chi connectivity index (χ3n) is 2.58. The fourth-order valence-corrected chi connectivity index (χ4v) is 1.84. The zero-order chi connectivity index (χ0) is 12.4. The first-order chi connectivity index (χ1) is 8.08. The van der Waals surface area contributed by atoms with Crippen molar-refractivity contribution in [2.75, 3.05) is 0 Å². The molecule has 0 aliphatic rings. The summed E-state index contributed by atoms with van der Waals surface area (Å²) in [5.74, 6) is 0.0311. The monoisotopic (exact) mass is 245 g/mol. The summed E-state index contributed by atoms with van der Waals surface area (Å²) in [7, 11) is 0. The lowest BCUT2D eigenvalue weighted by Crippen LogP contribution is -1.88. The summed E-state index contributed by atoms with van der Waals surface area (Å²) in [5, 5.41) is 10.6. The SMILES string of the molecule is C=C(O)/C=C\c1ccc2ccc(Cl)nc2c1C. The van der Waals surface area contributed by atoms with Crippen molar-refractivity contribution >= 4 is 28.6 Å². The van der Waals surface area contributed by atoms with Crippen LogP contribution in [0.1, 0.15) is 11.1 Å². The molecule has 0 aliphatic heterocycles. The number of hydrogen-bond donors (Lipinski definition) is 1. The second-order valence-electron chi connectivity index (χ2n) is 3.81. The van der Waals surface area contributed by atoms with E-state index in [4.69, 9.17) is 16.7 Å². The Hall–Kier alpha value is -1.80. The second-order valence-corrected chi connectivity index (χ2v) is 4.20. The van der Waals surface area contributed by atoms with Crippen LogP contribution in [-0.2, 0) is 0 Å². The molecule has 86 valence electrons. The zero-order valence-corrected chi connectivity index (χ0v) is 10.2. The van der Waals surface area contributed by atoms with Crippen LogP contribution < -0.4 is 0 Å². The molecule has 1 N–H and O–H groups in total. The van der Waals surface area contributed by atoms with Gasteiger partial charge in [0, 0.05) is 5.39 Å². The van der Waals surface area contributed by atoms with Gasteiger partial charge in [-0.15, -0.1) is 0 Å². The first kappa shape index (κ1) is 11.7. The van der Waals surface area contributed by atoms with Crippen LogP contribution in [0.15, 0.2) is 42.7 Å². The zero-order valence-electron chi connectivity index (χ0n) is 9.44. The summed E-state index contributed by atoms with van der Waals surface area (Å²) in [6.45, 7) is 5.39. The number of aliphatic hydroxyl groups excluding tert-OH is 1. The van der Waals surface area contributed by atoms with Gasteiger partial charge >= 0.3 is 0 Å². The Morgan fingerprint density at radius 2 is 2.06 bits per heavy atom. The second kappa shape index (κ2) is 4.60. The van der Waals surface area contributed by atoms with Crippen LogP contribution in [0.2, 0.25) is 5.15 Å². The van der Waals surface area contributed by atoms with Gasteiger partial charge in [0.25, 0.3) is 0 Å². The van der Waals surface area contributed by atoms with Gasteiger partial charge in [-0.05, 0) is 36.3 Å². The summed E-state index contributed by atoms with van der Waals surface area (Å²) >= 11 is 5.89. The molecule has 1 aromatic heterocycles. The highest BCUT2D eigenvalue weighted by atomic mass is 35.5. The summed E-state index contributed by atoms with van der Waals surface area (Å²) < 4.78 is 0. The third kappa shape index (κ3) is 2.48. The normalized spacial score (nSPS) is 11.2. The maximum absolute atomic E-state index is 9.04. The molecule has 2 rings (SSSR count). The number of hydrogen-bond acceptors (Lipinski definition) is 2. The summed E-state index contributed by atoms with van der Waals surface area (Å²) in [5.41, 5.74) is 2.90. The minimum Gasteiger partial charge on any atom is -0.509 e. The van der Waals surface area contributed by atoms with Crippen molar-refractivity contribution in [1.82, 2.24) is 4.98 Å². The highest BCUT2D eigenvalue weighted by molar-refractivity contribution is 6.29. The number of fused-ring (bicyclic) bond motifs is 1. The number of pyridine rings is 1. The number of aromatic nitrogens is 1. The standard InChI is InChI=1S/C14H12ClNO/c1-9(17)3-4-11-5-6-12-7-8-13(15)16-14(12)10(11)2/h3-8,17H,1H2,2H3/b4-3-. The van der Waals surface area contributed by atoms with Gasteiger partial charge in [0.2, 0.25) is 0 Å². The van der Waals surface area contributed by atoms with Crippen LogP contribution in [0.4, 0.5) is 0 Å². The third-order valence-corrected chi connectivity index (χ3v) is 2.79. The predicted molar refractivity (Wildman–Crippen MR) is 72.3 cm³/mol. The van der Waals surface area contributed by atoms with Gasteiger partial charge in [0.15, 0.2) is 0 Å². The van der Waals surface area contributed by atoms with Crippen molar-refractivity contribution in [3.63, 3.8) is 0 Å². The van der Waals surface area contributed by atoms with E-state index in [-0.39, 0.29) is 5.76 Å². The average Bonchev–Trinajstić information content (AvgIpc) is 2.29. The topological polar surface area (TPSA) is 33.1 Å². The van der Waals surface area contributed by atoms with Gasteiger partial charge in [-0.2, -0.15) is 0 Å². The highest BCUT2D eigenvalue weighted by Gasteiger charge is 2.03. The van der Waals surface area contributed by atoms with Crippen molar-refractivity contribution in [2.45, 2.75) is 6.92 Å². The number of allylic oxidation sites excluding steroid dienone is 1. The Morgan fingerprint density at radius 1 is 1.35 bits per heavy atom. The van der Waals surface area contributed by atoms with E-state index < -0.39 is 0 Å². The van der Waals surface area contributed by atoms with E-state index in [9.17, 15) is 0 Å². The summed E-state index contributed by atoms with van der Waals surface area (Å²) in [4.78, 5) is 4.31. The van der Waals surface area contributed by atoms with Crippen molar-refractivity contribution < 1.29 is 5.11 Å². The number of aryl methyl sites for hydroxylation is 1. The van der Waals surface area contributed by atoms with Gasteiger partial charge < -0.3 is 5.11 Å². The van der Waals surface area contributed by atoms with Crippen LogP contribution in [0.5, 0.6) is 0 Å². The maximum atomic E-state index is 9.04. The van der Waals surface area contributed by atoms with Crippen LogP contribution in [0.3, 0.4) is 0 Å². The maximum Gasteiger partial charge on any atom is 0.129 e. The van der Waals surface area contributed by atoms with Crippen molar-refractivity contribution in [2.24, 2.45) is 0 Å². The van der Waals surface area contributed by atoms with Gasteiger partial charge in [-0.3, -0.25) is 0 Å². The molecule has 1 aromatic carbocycles. The van der Waals surface area contributed by atoms with E-state index in [1.54, 1.807) is 18.2 Å². The summed E-state index contributed by atoms with van der Waals surface area (Å²) in [6, 6.07) is 7.67. The van der Waals surface area contributed by atoms with E-state index in [2.05, 4.69) is 11.6 Å². The lowest BCUT2D eigenvalue weighted by atomic mass is 10.0. The molecule has 17 heavy (non-hydrogen) atoms. The lowest BCUT2D eigenvalue weighted by molar-refractivity contribution is 0.436. The Kier molecular flexibility index (Phi) is 3.16. The first-order valence-corrected chi connectivity index (χ1v) is 5.57.